The molecule has 1 aromatic rings. The van der Waals surface area contributed by atoms with E-state index in [-0.39, 0.29) is 19.0 Å². The molecule has 0 saturated heterocycles. The molecule has 7 heteroatoms. The highest BCUT2D eigenvalue weighted by Crippen LogP contribution is 2.20. The minimum atomic E-state index is -2.36. The van der Waals surface area contributed by atoms with Crippen LogP contribution in [0.4, 0.5) is 13.9 Å². The van der Waals surface area contributed by atoms with Crippen LogP contribution in [0.15, 0.2) is 5.38 Å². The fraction of sp³-hybridized carbons (Fsp3) is 0.600. The number of hydrogen-bond donors (Lipinski definition) is 1. The first-order valence-corrected chi connectivity index (χ1v) is 6.14. The van der Waals surface area contributed by atoms with Crippen LogP contribution < -0.4 is 10.2 Å². The van der Waals surface area contributed by atoms with Gasteiger partial charge in [0.2, 0.25) is 5.91 Å². The lowest BCUT2D eigenvalue weighted by Gasteiger charge is -2.14. The van der Waals surface area contributed by atoms with E-state index in [2.05, 4.69) is 10.3 Å². The Morgan fingerprint density at radius 2 is 2.35 bits per heavy atom. The van der Waals surface area contributed by atoms with Gasteiger partial charge in [-0.2, -0.15) is 0 Å². The highest BCUT2D eigenvalue weighted by atomic mass is 32.1. The van der Waals surface area contributed by atoms with Gasteiger partial charge in [0.25, 0.3) is 6.43 Å². The van der Waals surface area contributed by atoms with Gasteiger partial charge in [-0.25, -0.2) is 13.8 Å². The van der Waals surface area contributed by atoms with E-state index in [1.165, 1.54) is 18.3 Å². The number of anilines is 1. The van der Waals surface area contributed by atoms with E-state index >= 15 is 0 Å². The maximum Gasteiger partial charge on any atom is 0.250 e. The Labute approximate surface area is 103 Å². The summed E-state index contributed by atoms with van der Waals surface area (Å²) in [6.07, 6.45) is -2.36. The van der Waals surface area contributed by atoms with Crippen LogP contribution in [0.1, 0.15) is 19.5 Å². The zero-order valence-corrected chi connectivity index (χ0v) is 10.6. The van der Waals surface area contributed by atoms with Crippen molar-refractivity contribution in [1.82, 2.24) is 10.3 Å². The summed E-state index contributed by atoms with van der Waals surface area (Å²) in [4.78, 5) is 17.0. The molecule has 0 bridgehead atoms. The van der Waals surface area contributed by atoms with E-state index in [1.807, 2.05) is 6.92 Å². The van der Waals surface area contributed by atoms with Crippen molar-refractivity contribution in [1.29, 1.82) is 0 Å². The van der Waals surface area contributed by atoms with E-state index in [0.29, 0.717) is 17.4 Å². The molecule has 0 aliphatic heterocycles. The molecule has 17 heavy (non-hydrogen) atoms. The first kappa shape index (κ1) is 14.0. The second-order valence-corrected chi connectivity index (χ2v) is 4.24. The number of alkyl halides is 2. The van der Waals surface area contributed by atoms with Gasteiger partial charge in [0.1, 0.15) is 0 Å². The van der Waals surface area contributed by atoms with Crippen LogP contribution in [0.2, 0.25) is 0 Å². The predicted octanol–water partition coefficient (Wildman–Crippen LogP) is 1.87. The average molecular weight is 263 g/mol. The van der Waals surface area contributed by atoms with Gasteiger partial charge in [0.15, 0.2) is 5.13 Å². The highest BCUT2D eigenvalue weighted by Gasteiger charge is 2.13. The molecule has 1 rings (SSSR count). The third kappa shape index (κ3) is 4.35. The second kappa shape index (κ2) is 6.61. The fourth-order valence-electron chi connectivity index (χ4n) is 1.30. The van der Waals surface area contributed by atoms with Crippen LogP contribution in [0.3, 0.4) is 0 Å². The van der Waals surface area contributed by atoms with Crippen molar-refractivity contribution in [3.05, 3.63) is 11.1 Å². The Kier molecular flexibility index (Phi) is 5.43. The molecule has 0 fully saturated rings. The van der Waals surface area contributed by atoms with Crippen LogP contribution in [0.5, 0.6) is 0 Å². The maximum atomic E-state index is 11.9. The molecule has 1 amide bonds. The molecular weight excluding hydrogens is 248 g/mol. The molecule has 0 saturated carbocycles. The number of thiazole rings is 1. The summed E-state index contributed by atoms with van der Waals surface area (Å²) in [5.74, 6) is -0.0751. The first-order chi connectivity index (χ1) is 8.04. The Hall–Kier alpha value is -1.08. The molecule has 1 heterocycles. The number of carbonyl (C=O) groups is 1. The molecule has 0 radical (unpaired) electrons. The van der Waals surface area contributed by atoms with Gasteiger partial charge < -0.3 is 5.32 Å². The smallest absolute Gasteiger partial charge is 0.250 e. The zero-order chi connectivity index (χ0) is 12.8. The quantitative estimate of drug-likeness (QED) is 0.852. The summed E-state index contributed by atoms with van der Waals surface area (Å²) in [7, 11) is 0. The number of rotatable bonds is 6. The summed E-state index contributed by atoms with van der Waals surface area (Å²) >= 11 is 1.34. The largest absolute Gasteiger partial charge is 0.306 e. The van der Waals surface area contributed by atoms with Gasteiger partial charge in [0.05, 0.1) is 12.2 Å². The Morgan fingerprint density at radius 3 is 2.88 bits per heavy atom. The van der Waals surface area contributed by atoms with Crippen molar-refractivity contribution in [3.8, 4) is 0 Å². The minimum Gasteiger partial charge on any atom is -0.306 e. The third-order valence-corrected chi connectivity index (χ3v) is 2.98. The standard InChI is InChI=1S/C10H15F2N3OS/c1-3-15(7(2)16)10-14-8(6-17-10)4-13-5-9(11)12/h6,9,13H,3-5H2,1-2H3. The van der Waals surface area contributed by atoms with Gasteiger partial charge in [-0.3, -0.25) is 9.69 Å². The maximum absolute atomic E-state index is 11.9. The molecule has 1 N–H and O–H groups in total. The van der Waals surface area contributed by atoms with Crippen molar-refractivity contribution in [2.45, 2.75) is 26.8 Å². The number of hydrogen-bond acceptors (Lipinski definition) is 4. The fourth-order valence-corrected chi connectivity index (χ4v) is 2.24. The number of aromatic nitrogens is 1. The lowest BCUT2D eigenvalue weighted by molar-refractivity contribution is -0.116. The molecule has 0 atom stereocenters. The first-order valence-electron chi connectivity index (χ1n) is 5.26. The normalized spacial score (nSPS) is 10.9. The zero-order valence-electron chi connectivity index (χ0n) is 9.74. The lowest BCUT2D eigenvalue weighted by Crippen LogP contribution is -2.27. The van der Waals surface area contributed by atoms with E-state index in [4.69, 9.17) is 0 Å². The Balaban J connectivity index is 2.55. The molecule has 0 aromatic carbocycles. The van der Waals surface area contributed by atoms with Gasteiger partial charge in [-0.05, 0) is 6.92 Å². The third-order valence-electron chi connectivity index (χ3n) is 2.07. The monoisotopic (exact) mass is 263 g/mol. The summed E-state index contributed by atoms with van der Waals surface area (Å²) in [5, 5.41) is 4.96. The van der Waals surface area contributed by atoms with Crippen LogP contribution in [0, 0.1) is 0 Å². The molecule has 96 valence electrons. The Bertz CT molecular complexity index is 370. The number of halogens is 2. The molecule has 0 aliphatic rings. The van der Waals surface area contributed by atoms with Gasteiger partial charge in [-0.1, -0.05) is 0 Å². The molecule has 0 spiro atoms. The number of nitrogens with one attached hydrogen (secondary N) is 1. The van der Waals surface area contributed by atoms with Gasteiger partial charge in [-0.15, -0.1) is 11.3 Å². The van der Waals surface area contributed by atoms with E-state index in [0.717, 1.165) is 0 Å². The van der Waals surface area contributed by atoms with Gasteiger partial charge >= 0.3 is 0 Å². The predicted molar refractivity (Wildman–Crippen MR) is 63.5 cm³/mol. The van der Waals surface area contributed by atoms with Gasteiger partial charge in [0, 0.05) is 25.4 Å². The van der Waals surface area contributed by atoms with Crippen LogP contribution in [0.25, 0.3) is 0 Å². The van der Waals surface area contributed by atoms with Crippen molar-refractivity contribution in [2.75, 3.05) is 18.0 Å². The van der Waals surface area contributed by atoms with Crippen LogP contribution in [-0.2, 0) is 11.3 Å². The van der Waals surface area contributed by atoms with Crippen molar-refractivity contribution in [3.63, 3.8) is 0 Å². The molecule has 0 unspecified atom stereocenters. The van der Waals surface area contributed by atoms with Crippen LogP contribution in [-0.4, -0.2) is 30.4 Å². The van der Waals surface area contributed by atoms with E-state index in [1.54, 1.807) is 10.3 Å². The SMILES string of the molecule is CCN(C(C)=O)c1nc(CNCC(F)F)cs1. The topological polar surface area (TPSA) is 45.2 Å². The molecule has 4 nitrogen and oxygen atoms in total. The van der Waals surface area contributed by atoms with Crippen molar-refractivity contribution < 1.29 is 13.6 Å². The van der Waals surface area contributed by atoms with Crippen molar-refractivity contribution >= 4 is 22.4 Å². The van der Waals surface area contributed by atoms with E-state index in [9.17, 15) is 13.6 Å². The number of carbonyl (C=O) groups excluding carboxylic acids is 1. The number of amides is 1. The average Bonchev–Trinajstić information content (AvgIpc) is 2.66. The highest BCUT2D eigenvalue weighted by molar-refractivity contribution is 7.14. The van der Waals surface area contributed by atoms with E-state index < -0.39 is 6.43 Å². The van der Waals surface area contributed by atoms with Crippen LogP contribution >= 0.6 is 11.3 Å². The molecule has 1 aromatic heterocycles. The number of nitrogens with zero attached hydrogens (tertiary/aromatic N) is 2. The molecule has 0 aliphatic carbocycles. The summed E-state index contributed by atoms with van der Waals surface area (Å²) in [6, 6.07) is 0. The minimum absolute atomic E-state index is 0.0751. The van der Waals surface area contributed by atoms with Crippen molar-refractivity contribution in [2.24, 2.45) is 0 Å². The molecular formula is C10H15F2N3OS. The Morgan fingerprint density at radius 1 is 1.65 bits per heavy atom. The summed E-state index contributed by atoms with van der Waals surface area (Å²) in [5.41, 5.74) is 0.672. The summed E-state index contributed by atoms with van der Waals surface area (Å²) < 4.78 is 23.8. The second-order valence-electron chi connectivity index (χ2n) is 3.41. The lowest BCUT2D eigenvalue weighted by atomic mass is 10.5. The summed E-state index contributed by atoms with van der Waals surface area (Å²) in [6.45, 7) is 3.82.